The van der Waals surface area contributed by atoms with Crippen molar-refractivity contribution in [2.45, 2.75) is 32.7 Å². The molecule has 1 aromatic rings. The first-order valence-corrected chi connectivity index (χ1v) is 8.31. The summed E-state index contributed by atoms with van der Waals surface area (Å²) in [6.07, 6.45) is 3.87. The standard InChI is InChI=1S/C16H24BrFN2/c1-13-5-9-20(10-6-13)8-2-7-19-12-14-3-4-16(18)15(17)11-14/h3-4,11,13,19H,2,5-10,12H2,1H3. The largest absolute Gasteiger partial charge is 0.313 e. The molecule has 1 saturated heterocycles. The van der Waals surface area contributed by atoms with Crippen LogP contribution in [0.4, 0.5) is 4.39 Å². The highest BCUT2D eigenvalue weighted by molar-refractivity contribution is 9.10. The minimum Gasteiger partial charge on any atom is -0.313 e. The summed E-state index contributed by atoms with van der Waals surface area (Å²) < 4.78 is 13.6. The predicted octanol–water partition coefficient (Wildman–Crippen LogP) is 3.80. The van der Waals surface area contributed by atoms with E-state index in [9.17, 15) is 4.39 Å². The van der Waals surface area contributed by atoms with Gasteiger partial charge in [-0.05, 0) is 85.0 Å². The molecule has 1 N–H and O–H groups in total. The lowest BCUT2D eigenvalue weighted by Crippen LogP contribution is -2.34. The van der Waals surface area contributed by atoms with Crippen molar-refractivity contribution in [1.82, 2.24) is 10.2 Å². The molecular formula is C16H24BrFN2. The SMILES string of the molecule is CC1CCN(CCCNCc2ccc(F)c(Br)c2)CC1. The van der Waals surface area contributed by atoms with Crippen molar-refractivity contribution in [2.75, 3.05) is 26.2 Å². The topological polar surface area (TPSA) is 15.3 Å². The van der Waals surface area contributed by atoms with Crippen LogP contribution in [0.2, 0.25) is 0 Å². The van der Waals surface area contributed by atoms with E-state index in [4.69, 9.17) is 0 Å². The number of hydrogen-bond acceptors (Lipinski definition) is 2. The van der Waals surface area contributed by atoms with Gasteiger partial charge in [-0.25, -0.2) is 4.39 Å². The number of nitrogens with zero attached hydrogens (tertiary/aromatic N) is 1. The van der Waals surface area contributed by atoms with Crippen LogP contribution in [0.15, 0.2) is 22.7 Å². The van der Waals surface area contributed by atoms with Gasteiger partial charge in [0.05, 0.1) is 4.47 Å². The summed E-state index contributed by atoms with van der Waals surface area (Å²) in [5.41, 5.74) is 1.12. The van der Waals surface area contributed by atoms with Crippen LogP contribution in [0.25, 0.3) is 0 Å². The molecule has 0 unspecified atom stereocenters. The number of halogens is 2. The number of rotatable bonds is 6. The average molecular weight is 343 g/mol. The molecule has 0 saturated carbocycles. The molecular weight excluding hydrogens is 319 g/mol. The maximum atomic E-state index is 13.1. The molecule has 1 heterocycles. The van der Waals surface area contributed by atoms with Crippen LogP contribution in [-0.2, 0) is 6.54 Å². The highest BCUT2D eigenvalue weighted by atomic mass is 79.9. The number of likely N-dealkylation sites (tertiary alicyclic amines) is 1. The molecule has 0 radical (unpaired) electrons. The van der Waals surface area contributed by atoms with Crippen molar-refractivity contribution in [2.24, 2.45) is 5.92 Å². The Hall–Kier alpha value is -0.450. The first kappa shape index (κ1) is 15.9. The number of hydrogen-bond donors (Lipinski definition) is 1. The fourth-order valence-corrected chi connectivity index (χ4v) is 3.02. The van der Waals surface area contributed by atoms with E-state index in [1.807, 2.05) is 12.1 Å². The molecule has 0 aliphatic carbocycles. The van der Waals surface area contributed by atoms with Crippen LogP contribution in [0, 0.1) is 11.7 Å². The highest BCUT2D eigenvalue weighted by Gasteiger charge is 2.14. The van der Waals surface area contributed by atoms with Gasteiger partial charge in [-0.1, -0.05) is 13.0 Å². The summed E-state index contributed by atoms with van der Waals surface area (Å²) in [6.45, 7) is 7.86. The zero-order valence-corrected chi connectivity index (χ0v) is 13.8. The molecule has 112 valence electrons. The van der Waals surface area contributed by atoms with Crippen LogP contribution >= 0.6 is 15.9 Å². The van der Waals surface area contributed by atoms with Gasteiger partial charge in [0.2, 0.25) is 0 Å². The van der Waals surface area contributed by atoms with E-state index in [1.54, 1.807) is 0 Å². The molecule has 1 aliphatic heterocycles. The first-order valence-electron chi connectivity index (χ1n) is 7.52. The molecule has 0 spiro atoms. The Bertz CT molecular complexity index is 417. The minimum atomic E-state index is -0.201. The van der Waals surface area contributed by atoms with E-state index in [0.29, 0.717) is 4.47 Å². The van der Waals surface area contributed by atoms with E-state index in [1.165, 1.54) is 45.0 Å². The quantitative estimate of drug-likeness (QED) is 0.791. The van der Waals surface area contributed by atoms with E-state index in [-0.39, 0.29) is 5.82 Å². The summed E-state index contributed by atoms with van der Waals surface area (Å²) >= 11 is 3.22. The van der Waals surface area contributed by atoms with Gasteiger partial charge in [-0.2, -0.15) is 0 Å². The van der Waals surface area contributed by atoms with Crippen molar-refractivity contribution in [1.29, 1.82) is 0 Å². The Morgan fingerprint density at radius 2 is 2.10 bits per heavy atom. The minimum absolute atomic E-state index is 0.201. The molecule has 1 aromatic carbocycles. The second-order valence-electron chi connectivity index (χ2n) is 5.80. The Morgan fingerprint density at radius 3 is 2.80 bits per heavy atom. The number of benzene rings is 1. The van der Waals surface area contributed by atoms with Crippen LogP contribution in [0.1, 0.15) is 31.7 Å². The second-order valence-corrected chi connectivity index (χ2v) is 6.66. The van der Waals surface area contributed by atoms with Crippen molar-refractivity contribution in [3.63, 3.8) is 0 Å². The predicted molar refractivity (Wildman–Crippen MR) is 85.3 cm³/mol. The third-order valence-corrected chi connectivity index (χ3v) is 4.62. The molecule has 1 fully saturated rings. The Kier molecular flexibility index (Phi) is 6.46. The molecule has 4 heteroatoms. The van der Waals surface area contributed by atoms with Crippen molar-refractivity contribution in [3.8, 4) is 0 Å². The summed E-state index contributed by atoms with van der Waals surface area (Å²) in [7, 11) is 0. The van der Waals surface area contributed by atoms with E-state index in [0.717, 1.165) is 24.6 Å². The second kappa shape index (κ2) is 8.11. The monoisotopic (exact) mass is 342 g/mol. The normalized spacial score (nSPS) is 17.6. The van der Waals surface area contributed by atoms with Gasteiger partial charge in [0.1, 0.15) is 5.82 Å². The van der Waals surface area contributed by atoms with Gasteiger partial charge in [0.15, 0.2) is 0 Å². The zero-order chi connectivity index (χ0) is 14.4. The maximum absolute atomic E-state index is 13.1. The summed E-state index contributed by atoms with van der Waals surface area (Å²) in [4.78, 5) is 2.57. The Morgan fingerprint density at radius 1 is 1.35 bits per heavy atom. The molecule has 2 rings (SSSR count). The third kappa shape index (κ3) is 5.15. The van der Waals surface area contributed by atoms with Crippen molar-refractivity contribution >= 4 is 15.9 Å². The van der Waals surface area contributed by atoms with Gasteiger partial charge < -0.3 is 10.2 Å². The number of nitrogens with one attached hydrogen (secondary N) is 1. The van der Waals surface area contributed by atoms with Crippen LogP contribution in [0.3, 0.4) is 0 Å². The third-order valence-electron chi connectivity index (χ3n) is 4.02. The summed E-state index contributed by atoms with van der Waals surface area (Å²) in [5, 5.41) is 3.43. The van der Waals surface area contributed by atoms with Gasteiger partial charge in [0, 0.05) is 6.54 Å². The zero-order valence-electron chi connectivity index (χ0n) is 12.2. The molecule has 0 aromatic heterocycles. The van der Waals surface area contributed by atoms with Gasteiger partial charge in [-0.3, -0.25) is 0 Å². The molecule has 0 bridgehead atoms. The van der Waals surface area contributed by atoms with Crippen LogP contribution in [-0.4, -0.2) is 31.1 Å². The maximum Gasteiger partial charge on any atom is 0.137 e. The molecule has 1 aliphatic rings. The van der Waals surface area contributed by atoms with Gasteiger partial charge in [-0.15, -0.1) is 0 Å². The van der Waals surface area contributed by atoms with Crippen LogP contribution < -0.4 is 5.32 Å². The van der Waals surface area contributed by atoms with Crippen molar-refractivity contribution < 1.29 is 4.39 Å². The Labute approximate surface area is 129 Å². The summed E-state index contributed by atoms with van der Waals surface area (Å²) in [5.74, 6) is 0.703. The smallest absolute Gasteiger partial charge is 0.137 e. The highest BCUT2D eigenvalue weighted by Crippen LogP contribution is 2.17. The number of piperidine rings is 1. The van der Waals surface area contributed by atoms with E-state index in [2.05, 4.69) is 33.1 Å². The van der Waals surface area contributed by atoms with Crippen molar-refractivity contribution in [3.05, 3.63) is 34.1 Å². The van der Waals surface area contributed by atoms with E-state index >= 15 is 0 Å². The first-order chi connectivity index (χ1) is 9.65. The van der Waals surface area contributed by atoms with Crippen LogP contribution in [0.5, 0.6) is 0 Å². The lowest BCUT2D eigenvalue weighted by molar-refractivity contribution is 0.190. The molecule has 0 amide bonds. The molecule has 20 heavy (non-hydrogen) atoms. The average Bonchev–Trinajstić information content (AvgIpc) is 2.44. The summed E-state index contributed by atoms with van der Waals surface area (Å²) in [6, 6.07) is 5.18. The molecule has 0 atom stereocenters. The lowest BCUT2D eigenvalue weighted by atomic mass is 9.99. The van der Waals surface area contributed by atoms with Gasteiger partial charge >= 0.3 is 0 Å². The Balaban J connectivity index is 1.58. The lowest BCUT2D eigenvalue weighted by Gasteiger charge is -2.30. The van der Waals surface area contributed by atoms with E-state index < -0.39 is 0 Å². The molecule has 2 nitrogen and oxygen atoms in total. The fourth-order valence-electron chi connectivity index (χ4n) is 2.60. The van der Waals surface area contributed by atoms with Gasteiger partial charge in [0.25, 0.3) is 0 Å². The fraction of sp³-hybridized carbons (Fsp3) is 0.625.